The predicted molar refractivity (Wildman–Crippen MR) is 95.4 cm³/mol. The van der Waals surface area contributed by atoms with Gasteiger partial charge in [-0.25, -0.2) is 4.98 Å². The van der Waals surface area contributed by atoms with E-state index in [0.717, 1.165) is 30.1 Å². The van der Waals surface area contributed by atoms with Crippen LogP contribution in [-0.2, 0) is 6.54 Å². The topological polar surface area (TPSA) is 28.2 Å². The Bertz CT molecular complexity index is 585. The number of rotatable bonds is 7. The van der Waals surface area contributed by atoms with E-state index in [9.17, 15) is 0 Å². The van der Waals surface area contributed by atoms with Crippen LogP contribution < -0.4 is 10.2 Å². The lowest BCUT2D eigenvalue weighted by Crippen LogP contribution is -2.33. The highest BCUT2D eigenvalue weighted by molar-refractivity contribution is 7.98. The average molecular weight is 303 g/mol. The number of benzene rings is 1. The average Bonchev–Trinajstić information content (AvgIpc) is 2.52. The first kappa shape index (κ1) is 16.1. The van der Waals surface area contributed by atoms with Crippen LogP contribution >= 0.6 is 11.8 Å². The molecule has 0 amide bonds. The molecule has 1 unspecified atom stereocenters. The second kappa shape index (κ2) is 7.66. The number of pyridine rings is 1. The Labute approximate surface area is 132 Å². The number of nitrogens with zero attached hydrogens (tertiary/aromatic N) is 2. The van der Waals surface area contributed by atoms with Gasteiger partial charge in [-0.2, -0.15) is 11.8 Å². The van der Waals surface area contributed by atoms with Gasteiger partial charge in [-0.15, -0.1) is 0 Å². The Hall–Kier alpha value is -1.26. The van der Waals surface area contributed by atoms with E-state index in [4.69, 9.17) is 4.98 Å². The minimum absolute atomic E-state index is 0.524. The molecule has 1 N–H and O–H groups in total. The lowest BCUT2D eigenvalue weighted by Gasteiger charge is -2.28. The van der Waals surface area contributed by atoms with Crippen molar-refractivity contribution in [2.24, 2.45) is 0 Å². The fraction of sp³-hybridized carbons (Fsp3) is 0.471. The molecule has 3 nitrogen and oxygen atoms in total. The molecule has 0 bridgehead atoms. The maximum Gasteiger partial charge on any atom is 0.129 e. The molecule has 0 spiro atoms. The summed E-state index contributed by atoms with van der Waals surface area (Å²) in [5, 5.41) is 4.50. The molecule has 0 fully saturated rings. The minimum Gasteiger partial charge on any atom is -0.356 e. The van der Waals surface area contributed by atoms with Crippen LogP contribution in [-0.4, -0.2) is 37.1 Å². The van der Waals surface area contributed by atoms with Gasteiger partial charge in [0.25, 0.3) is 0 Å². The van der Waals surface area contributed by atoms with Gasteiger partial charge in [0, 0.05) is 30.8 Å². The van der Waals surface area contributed by atoms with Gasteiger partial charge in [-0.3, -0.25) is 0 Å². The van der Waals surface area contributed by atoms with E-state index in [1.165, 1.54) is 10.9 Å². The van der Waals surface area contributed by atoms with E-state index >= 15 is 0 Å². The normalized spacial score (nSPS) is 12.6. The first-order chi connectivity index (χ1) is 10.2. The Balaban J connectivity index is 2.43. The molecular weight excluding hydrogens is 278 g/mol. The maximum absolute atomic E-state index is 4.86. The quantitative estimate of drug-likeness (QED) is 0.847. The van der Waals surface area contributed by atoms with Crippen LogP contribution in [0.4, 0.5) is 5.82 Å². The molecule has 0 aliphatic rings. The molecule has 2 aromatic rings. The summed E-state index contributed by atoms with van der Waals surface area (Å²) in [6.45, 7) is 3.11. The Morgan fingerprint density at radius 1 is 1.33 bits per heavy atom. The molecular formula is C17H25N3S. The van der Waals surface area contributed by atoms with Crippen LogP contribution in [0.15, 0.2) is 30.3 Å². The van der Waals surface area contributed by atoms with Gasteiger partial charge >= 0.3 is 0 Å². The molecule has 4 heteroatoms. The second-order valence-electron chi connectivity index (χ2n) is 5.32. The fourth-order valence-electron chi connectivity index (χ4n) is 2.63. The second-order valence-corrected chi connectivity index (χ2v) is 6.23. The Morgan fingerprint density at radius 3 is 2.76 bits per heavy atom. The predicted octanol–water partition coefficient (Wildman–Crippen LogP) is 3.53. The lowest BCUT2D eigenvalue weighted by molar-refractivity contribution is 0.666. The van der Waals surface area contributed by atoms with Crippen molar-refractivity contribution >= 4 is 28.5 Å². The molecule has 0 radical (unpaired) electrons. The van der Waals surface area contributed by atoms with Crippen molar-refractivity contribution in [3.8, 4) is 0 Å². The number of anilines is 1. The minimum atomic E-state index is 0.524. The summed E-state index contributed by atoms with van der Waals surface area (Å²) in [6, 6.07) is 11.1. The molecule has 0 saturated carbocycles. The zero-order valence-electron chi connectivity index (χ0n) is 13.4. The van der Waals surface area contributed by atoms with Gasteiger partial charge in [-0.1, -0.05) is 25.1 Å². The zero-order chi connectivity index (χ0) is 15.2. The highest BCUT2D eigenvalue weighted by Crippen LogP contribution is 2.24. The number of fused-ring (bicyclic) bond motifs is 1. The summed E-state index contributed by atoms with van der Waals surface area (Å²) in [5.41, 5.74) is 2.38. The van der Waals surface area contributed by atoms with Crippen LogP contribution in [0.1, 0.15) is 18.9 Å². The van der Waals surface area contributed by atoms with E-state index in [1.54, 1.807) is 0 Å². The van der Waals surface area contributed by atoms with Crippen molar-refractivity contribution in [2.45, 2.75) is 25.9 Å². The molecule has 1 aromatic carbocycles. The van der Waals surface area contributed by atoms with Crippen molar-refractivity contribution in [1.82, 2.24) is 10.3 Å². The number of aromatic nitrogens is 1. The van der Waals surface area contributed by atoms with Crippen molar-refractivity contribution < 1.29 is 0 Å². The fourth-order valence-corrected chi connectivity index (χ4v) is 3.48. The molecule has 2 rings (SSSR count). The molecule has 1 atom stereocenters. The smallest absolute Gasteiger partial charge is 0.129 e. The van der Waals surface area contributed by atoms with Crippen LogP contribution in [0.3, 0.4) is 0 Å². The molecule has 21 heavy (non-hydrogen) atoms. The third-order valence-corrected chi connectivity index (χ3v) is 4.61. The van der Waals surface area contributed by atoms with E-state index in [-0.39, 0.29) is 0 Å². The molecule has 1 aromatic heterocycles. The van der Waals surface area contributed by atoms with E-state index in [2.05, 4.69) is 60.8 Å². The van der Waals surface area contributed by atoms with Gasteiger partial charge in [0.1, 0.15) is 5.82 Å². The standard InChI is InChI=1S/C17H25N3S/c1-5-14(12-21-4)20(3)17-10-13(11-18-2)15-8-6-7-9-16(15)19-17/h6-10,14,18H,5,11-12H2,1-4H3. The summed E-state index contributed by atoms with van der Waals surface area (Å²) in [7, 11) is 4.14. The van der Waals surface area contributed by atoms with Gasteiger partial charge in [-0.05, 0) is 37.4 Å². The number of para-hydroxylation sites is 1. The Morgan fingerprint density at radius 2 is 2.10 bits per heavy atom. The maximum atomic E-state index is 4.86. The van der Waals surface area contributed by atoms with Gasteiger partial charge in [0.2, 0.25) is 0 Å². The van der Waals surface area contributed by atoms with Crippen LogP contribution in [0, 0.1) is 0 Å². The summed E-state index contributed by atoms with van der Waals surface area (Å²) >= 11 is 1.89. The summed E-state index contributed by atoms with van der Waals surface area (Å²) in [5.74, 6) is 2.20. The first-order valence-corrected chi connectivity index (χ1v) is 8.85. The molecule has 1 heterocycles. The zero-order valence-corrected chi connectivity index (χ0v) is 14.2. The molecule has 0 saturated heterocycles. The monoisotopic (exact) mass is 303 g/mol. The van der Waals surface area contributed by atoms with Gasteiger partial charge in [0.05, 0.1) is 5.52 Å². The van der Waals surface area contributed by atoms with Crippen LogP contribution in [0.25, 0.3) is 10.9 Å². The summed E-state index contributed by atoms with van der Waals surface area (Å²) in [6.07, 6.45) is 3.30. The number of hydrogen-bond acceptors (Lipinski definition) is 4. The van der Waals surface area contributed by atoms with Gasteiger partial charge in [0.15, 0.2) is 0 Å². The van der Waals surface area contributed by atoms with Crippen molar-refractivity contribution in [3.63, 3.8) is 0 Å². The van der Waals surface area contributed by atoms with Gasteiger partial charge < -0.3 is 10.2 Å². The van der Waals surface area contributed by atoms with Crippen molar-refractivity contribution in [3.05, 3.63) is 35.9 Å². The Kier molecular flexibility index (Phi) is 5.88. The van der Waals surface area contributed by atoms with Crippen molar-refractivity contribution in [2.75, 3.05) is 31.0 Å². The number of thioether (sulfide) groups is 1. The van der Waals surface area contributed by atoms with E-state index in [0.29, 0.717) is 6.04 Å². The van der Waals surface area contributed by atoms with Crippen LogP contribution in [0.2, 0.25) is 0 Å². The molecule has 114 valence electrons. The third kappa shape index (κ3) is 3.69. The number of nitrogens with one attached hydrogen (secondary N) is 1. The SMILES string of the molecule is CCC(CSC)N(C)c1cc(CNC)c2ccccc2n1. The van der Waals surface area contributed by atoms with E-state index in [1.807, 2.05) is 18.8 Å². The lowest BCUT2D eigenvalue weighted by atomic mass is 10.1. The highest BCUT2D eigenvalue weighted by Gasteiger charge is 2.15. The van der Waals surface area contributed by atoms with Crippen molar-refractivity contribution in [1.29, 1.82) is 0 Å². The summed E-state index contributed by atoms with van der Waals surface area (Å²) < 4.78 is 0. The van der Waals surface area contributed by atoms with Crippen LogP contribution in [0.5, 0.6) is 0 Å². The summed E-state index contributed by atoms with van der Waals surface area (Å²) in [4.78, 5) is 7.18. The highest BCUT2D eigenvalue weighted by atomic mass is 32.2. The largest absolute Gasteiger partial charge is 0.356 e. The molecule has 0 aliphatic carbocycles. The third-order valence-electron chi connectivity index (χ3n) is 3.89. The van der Waals surface area contributed by atoms with E-state index < -0.39 is 0 Å². The molecule has 0 aliphatic heterocycles. The first-order valence-electron chi connectivity index (χ1n) is 7.46. The number of hydrogen-bond donors (Lipinski definition) is 1.